The van der Waals surface area contributed by atoms with Crippen LogP contribution in [0, 0.1) is 5.82 Å². The number of hydrogen-bond donors (Lipinski definition) is 1. The molecule has 4 nitrogen and oxygen atoms in total. The van der Waals surface area contributed by atoms with E-state index in [1.807, 2.05) is 13.8 Å². The lowest BCUT2D eigenvalue weighted by molar-refractivity contribution is 0.0931. The van der Waals surface area contributed by atoms with Crippen LogP contribution in [0.3, 0.4) is 0 Å². The summed E-state index contributed by atoms with van der Waals surface area (Å²) < 4.78 is 14.8. The second kappa shape index (κ2) is 7.70. The van der Waals surface area contributed by atoms with Crippen LogP contribution in [0.2, 0.25) is 5.02 Å². The molecule has 0 aliphatic heterocycles. The molecule has 6 heteroatoms. The normalized spacial score (nSPS) is 12.0. The Morgan fingerprint density at radius 2 is 1.85 bits per heavy atom. The maximum Gasteiger partial charge on any atom is 0.270 e. The van der Waals surface area contributed by atoms with Crippen LogP contribution in [0.5, 0.6) is 0 Å². The topological polar surface area (TPSA) is 46.9 Å². The summed E-state index contributed by atoms with van der Waals surface area (Å²) in [6.07, 6.45) is 0.825. The van der Waals surface area contributed by atoms with Gasteiger partial charge in [0.05, 0.1) is 11.4 Å². The van der Waals surface area contributed by atoms with E-state index >= 15 is 0 Å². The fourth-order valence-corrected chi connectivity index (χ4v) is 2.61. The van der Waals surface area contributed by atoms with Gasteiger partial charge in [-0.05, 0) is 67.9 Å². The number of nitrogens with one attached hydrogen (secondary N) is 1. The third-order valence-corrected chi connectivity index (χ3v) is 4.40. The van der Waals surface area contributed by atoms with E-state index in [0.29, 0.717) is 16.4 Å². The first-order valence-electron chi connectivity index (χ1n) is 8.40. The Labute approximate surface area is 156 Å². The summed E-state index contributed by atoms with van der Waals surface area (Å²) in [7, 11) is 0. The van der Waals surface area contributed by atoms with Crippen molar-refractivity contribution < 1.29 is 9.18 Å². The number of halogens is 2. The Morgan fingerprint density at radius 1 is 1.19 bits per heavy atom. The van der Waals surface area contributed by atoms with Crippen molar-refractivity contribution in [2.45, 2.75) is 26.3 Å². The number of carbonyl (C=O) groups is 1. The average Bonchev–Trinajstić information content (AvgIpc) is 3.08. The van der Waals surface area contributed by atoms with Gasteiger partial charge in [-0.1, -0.05) is 18.5 Å². The molecule has 0 saturated carbocycles. The lowest BCUT2D eigenvalue weighted by atomic mass is 10.1. The van der Waals surface area contributed by atoms with Crippen LogP contribution in [0.25, 0.3) is 16.9 Å². The summed E-state index contributed by atoms with van der Waals surface area (Å²) in [4.78, 5) is 12.7. The van der Waals surface area contributed by atoms with E-state index < -0.39 is 0 Å². The second-order valence-electron chi connectivity index (χ2n) is 6.09. The van der Waals surface area contributed by atoms with Gasteiger partial charge in [0, 0.05) is 16.6 Å². The van der Waals surface area contributed by atoms with E-state index in [0.717, 1.165) is 17.7 Å². The molecule has 0 aliphatic carbocycles. The van der Waals surface area contributed by atoms with Crippen molar-refractivity contribution in [2.24, 2.45) is 0 Å². The summed E-state index contributed by atoms with van der Waals surface area (Å²) in [5, 5.41) is 8.11. The molecule has 134 valence electrons. The summed E-state index contributed by atoms with van der Waals surface area (Å²) in [6.45, 7) is 3.95. The molecule has 1 aromatic heterocycles. The molecule has 1 amide bonds. The maximum atomic E-state index is 13.2. The Kier molecular flexibility index (Phi) is 5.38. The van der Waals surface area contributed by atoms with E-state index in [2.05, 4.69) is 10.4 Å². The Balaban J connectivity index is 2.06. The zero-order valence-corrected chi connectivity index (χ0v) is 15.3. The second-order valence-corrected chi connectivity index (χ2v) is 6.53. The van der Waals surface area contributed by atoms with Gasteiger partial charge in [0.15, 0.2) is 0 Å². The highest BCUT2D eigenvalue weighted by Crippen LogP contribution is 2.23. The molecule has 26 heavy (non-hydrogen) atoms. The number of rotatable bonds is 5. The maximum absolute atomic E-state index is 13.2. The fourth-order valence-electron chi connectivity index (χ4n) is 2.48. The van der Waals surface area contributed by atoms with Gasteiger partial charge in [-0.25, -0.2) is 9.07 Å². The van der Waals surface area contributed by atoms with Crippen LogP contribution >= 0.6 is 11.6 Å². The molecule has 0 aliphatic rings. The third-order valence-electron chi connectivity index (χ3n) is 4.14. The predicted molar refractivity (Wildman–Crippen MR) is 101 cm³/mol. The third kappa shape index (κ3) is 3.94. The number of benzene rings is 2. The Bertz CT molecular complexity index is 904. The monoisotopic (exact) mass is 371 g/mol. The quantitative estimate of drug-likeness (QED) is 0.696. The van der Waals surface area contributed by atoms with E-state index in [1.54, 1.807) is 47.1 Å². The first-order chi connectivity index (χ1) is 12.5. The van der Waals surface area contributed by atoms with Crippen molar-refractivity contribution >= 4 is 17.5 Å². The minimum absolute atomic E-state index is 0.0466. The molecular formula is C20H19ClFN3O. The molecule has 3 aromatic rings. The van der Waals surface area contributed by atoms with Gasteiger partial charge in [-0.2, -0.15) is 5.10 Å². The van der Waals surface area contributed by atoms with Gasteiger partial charge in [0.1, 0.15) is 11.5 Å². The van der Waals surface area contributed by atoms with Crippen molar-refractivity contribution in [3.05, 3.63) is 71.1 Å². The molecule has 0 radical (unpaired) electrons. The SMILES string of the molecule is CC[C@H](C)NC(=O)c1cc(-c2ccc(F)cc2)nn1-c1ccc(Cl)cc1. The van der Waals surface area contributed by atoms with Crippen molar-refractivity contribution in [3.8, 4) is 16.9 Å². The fraction of sp³-hybridized carbons (Fsp3) is 0.200. The predicted octanol–water partition coefficient (Wildman–Crippen LogP) is 4.86. The summed E-state index contributed by atoms with van der Waals surface area (Å²) in [6, 6.07) is 14.8. The summed E-state index contributed by atoms with van der Waals surface area (Å²) in [5.41, 5.74) is 2.45. The molecule has 0 unspecified atom stereocenters. The van der Waals surface area contributed by atoms with E-state index in [1.165, 1.54) is 12.1 Å². The molecule has 1 atom stereocenters. The molecule has 0 saturated heterocycles. The zero-order valence-electron chi connectivity index (χ0n) is 14.5. The lowest BCUT2D eigenvalue weighted by Crippen LogP contribution is -2.33. The van der Waals surface area contributed by atoms with E-state index in [-0.39, 0.29) is 17.8 Å². The van der Waals surface area contributed by atoms with Crippen LogP contribution in [-0.4, -0.2) is 21.7 Å². The summed E-state index contributed by atoms with van der Waals surface area (Å²) in [5.74, 6) is -0.532. The average molecular weight is 372 g/mol. The molecule has 0 fully saturated rings. The Hall–Kier alpha value is -2.66. The molecule has 2 aromatic carbocycles. The van der Waals surface area contributed by atoms with Crippen molar-refractivity contribution in [2.75, 3.05) is 0 Å². The first-order valence-corrected chi connectivity index (χ1v) is 8.78. The number of hydrogen-bond acceptors (Lipinski definition) is 2. The molecule has 0 spiro atoms. The first kappa shape index (κ1) is 18.1. The molecular weight excluding hydrogens is 353 g/mol. The van der Waals surface area contributed by atoms with Crippen LogP contribution in [0.15, 0.2) is 54.6 Å². The minimum atomic E-state index is -0.319. The van der Waals surface area contributed by atoms with Gasteiger partial charge in [-0.3, -0.25) is 4.79 Å². The standard InChI is InChI=1S/C20H19ClFN3O/c1-3-13(2)23-20(26)19-12-18(14-4-8-16(22)9-5-14)24-25(19)17-10-6-15(21)7-11-17/h4-13H,3H2,1-2H3,(H,23,26)/t13-/m0/s1. The van der Waals surface area contributed by atoms with Gasteiger partial charge < -0.3 is 5.32 Å². The minimum Gasteiger partial charge on any atom is -0.348 e. The van der Waals surface area contributed by atoms with Crippen LogP contribution in [-0.2, 0) is 0 Å². The van der Waals surface area contributed by atoms with Crippen LogP contribution < -0.4 is 5.32 Å². The Morgan fingerprint density at radius 3 is 2.46 bits per heavy atom. The van der Waals surface area contributed by atoms with Crippen LogP contribution in [0.1, 0.15) is 30.8 Å². The van der Waals surface area contributed by atoms with Crippen molar-refractivity contribution in [1.29, 1.82) is 0 Å². The van der Waals surface area contributed by atoms with Crippen molar-refractivity contribution in [3.63, 3.8) is 0 Å². The van der Waals surface area contributed by atoms with Crippen molar-refractivity contribution in [1.82, 2.24) is 15.1 Å². The zero-order chi connectivity index (χ0) is 18.7. The lowest BCUT2D eigenvalue weighted by Gasteiger charge is -2.12. The molecule has 3 rings (SSSR count). The van der Waals surface area contributed by atoms with Gasteiger partial charge in [0.25, 0.3) is 5.91 Å². The van der Waals surface area contributed by atoms with Gasteiger partial charge in [0.2, 0.25) is 0 Å². The number of carbonyl (C=O) groups excluding carboxylic acids is 1. The van der Waals surface area contributed by atoms with Gasteiger partial charge >= 0.3 is 0 Å². The summed E-state index contributed by atoms with van der Waals surface area (Å²) >= 11 is 5.96. The highest BCUT2D eigenvalue weighted by molar-refractivity contribution is 6.30. The molecule has 1 N–H and O–H groups in total. The van der Waals surface area contributed by atoms with Gasteiger partial charge in [-0.15, -0.1) is 0 Å². The number of nitrogens with zero attached hydrogens (tertiary/aromatic N) is 2. The van der Waals surface area contributed by atoms with Crippen LogP contribution in [0.4, 0.5) is 4.39 Å². The number of amides is 1. The number of aromatic nitrogens is 2. The molecule has 0 bridgehead atoms. The largest absolute Gasteiger partial charge is 0.348 e. The molecule has 1 heterocycles. The highest BCUT2D eigenvalue weighted by Gasteiger charge is 2.18. The van der Waals surface area contributed by atoms with E-state index in [4.69, 9.17) is 11.6 Å². The van der Waals surface area contributed by atoms with E-state index in [9.17, 15) is 9.18 Å². The smallest absolute Gasteiger partial charge is 0.270 e. The highest BCUT2D eigenvalue weighted by atomic mass is 35.5.